The van der Waals surface area contributed by atoms with Gasteiger partial charge in [0.1, 0.15) is 5.82 Å². The van der Waals surface area contributed by atoms with Crippen LogP contribution in [0.25, 0.3) is 0 Å². The van der Waals surface area contributed by atoms with E-state index >= 15 is 0 Å². The Labute approximate surface area is 170 Å². The Morgan fingerprint density at radius 3 is 2.41 bits per heavy atom. The van der Waals surface area contributed by atoms with Crippen LogP contribution in [0.1, 0.15) is 72.0 Å². The van der Waals surface area contributed by atoms with Crippen molar-refractivity contribution < 1.29 is 9.18 Å². The standard InChI is InChI=1S/C24H27FN2O2/c25-20-8-6-18(7-9-20)24(29)26-13-16-12-19(15-26)23-21(17-4-2-1-3-5-17)10-11-22(28)27(23)14-16/h6-11,16-17,19H,1-5,12-15H2/t16-,19+/m0/s1. The SMILES string of the molecule is O=C(c1ccc(F)cc1)N1C[C@@H]2C[C@H](C1)c1c(C3CCCCC3)ccc(=O)n1C2. The van der Waals surface area contributed by atoms with E-state index in [0.717, 1.165) is 6.42 Å². The number of benzene rings is 1. The second-order valence-electron chi connectivity index (χ2n) is 8.97. The molecule has 2 aromatic rings. The number of hydrogen-bond acceptors (Lipinski definition) is 2. The van der Waals surface area contributed by atoms with E-state index < -0.39 is 0 Å². The highest BCUT2D eigenvalue weighted by Gasteiger charge is 2.38. The first-order valence-corrected chi connectivity index (χ1v) is 10.9. The molecule has 0 spiro atoms. The predicted octanol–water partition coefficient (Wildman–Crippen LogP) is 4.29. The predicted molar refractivity (Wildman–Crippen MR) is 110 cm³/mol. The zero-order valence-electron chi connectivity index (χ0n) is 16.6. The summed E-state index contributed by atoms with van der Waals surface area (Å²) >= 11 is 0. The normalized spacial score (nSPS) is 24.2. The molecule has 0 unspecified atom stereocenters. The van der Waals surface area contributed by atoms with Gasteiger partial charge in [-0.2, -0.15) is 0 Å². The Morgan fingerprint density at radius 1 is 0.897 bits per heavy atom. The maximum absolute atomic E-state index is 13.2. The molecular formula is C24H27FN2O2. The minimum absolute atomic E-state index is 0.0364. The lowest BCUT2D eigenvalue weighted by molar-refractivity contribution is 0.0592. The molecule has 5 rings (SSSR count). The van der Waals surface area contributed by atoms with Crippen LogP contribution in [0, 0.1) is 11.7 Å². The Balaban J connectivity index is 1.47. The Hall–Kier alpha value is -2.43. The van der Waals surface area contributed by atoms with Crippen LogP contribution in [0.5, 0.6) is 0 Å². The average Bonchev–Trinajstić information content (AvgIpc) is 2.75. The van der Waals surface area contributed by atoms with Gasteiger partial charge >= 0.3 is 0 Å². The van der Waals surface area contributed by atoms with Crippen LogP contribution in [0.3, 0.4) is 0 Å². The molecule has 2 aliphatic heterocycles. The number of carbonyl (C=O) groups excluding carboxylic acids is 1. The Morgan fingerprint density at radius 2 is 1.66 bits per heavy atom. The van der Waals surface area contributed by atoms with Crippen molar-refractivity contribution in [3.63, 3.8) is 0 Å². The van der Waals surface area contributed by atoms with Gasteiger partial charge in [0.05, 0.1) is 0 Å². The van der Waals surface area contributed by atoms with Gasteiger partial charge in [0, 0.05) is 42.9 Å². The van der Waals surface area contributed by atoms with E-state index in [0.29, 0.717) is 37.0 Å². The molecule has 152 valence electrons. The maximum atomic E-state index is 13.2. The van der Waals surface area contributed by atoms with Crippen molar-refractivity contribution >= 4 is 5.91 Å². The third-order valence-electron chi connectivity index (χ3n) is 7.05. The molecule has 1 aliphatic carbocycles. The first-order valence-electron chi connectivity index (χ1n) is 10.9. The molecule has 5 heteroatoms. The number of halogens is 1. The number of piperidine rings is 1. The summed E-state index contributed by atoms with van der Waals surface area (Å²) in [6, 6.07) is 9.62. The Bertz CT molecular complexity index is 975. The summed E-state index contributed by atoms with van der Waals surface area (Å²) in [5.74, 6) is 0.668. The first-order chi connectivity index (χ1) is 14.1. The number of nitrogens with zero attached hydrogens (tertiary/aromatic N) is 2. The van der Waals surface area contributed by atoms with E-state index in [1.165, 1.54) is 55.5 Å². The quantitative estimate of drug-likeness (QED) is 0.762. The molecule has 1 aromatic carbocycles. The monoisotopic (exact) mass is 394 g/mol. The molecule has 2 atom stereocenters. The van der Waals surface area contributed by atoms with Crippen LogP contribution >= 0.6 is 0 Å². The third kappa shape index (κ3) is 3.41. The molecule has 0 radical (unpaired) electrons. The second kappa shape index (κ2) is 7.43. The van der Waals surface area contributed by atoms with Crippen molar-refractivity contribution in [2.24, 2.45) is 5.92 Å². The summed E-state index contributed by atoms with van der Waals surface area (Å²) in [4.78, 5) is 27.6. The molecule has 4 nitrogen and oxygen atoms in total. The van der Waals surface area contributed by atoms with E-state index in [1.807, 2.05) is 9.47 Å². The molecule has 3 heterocycles. The minimum atomic E-state index is -0.331. The largest absolute Gasteiger partial charge is 0.338 e. The van der Waals surface area contributed by atoms with Crippen molar-refractivity contribution in [1.29, 1.82) is 0 Å². The van der Waals surface area contributed by atoms with E-state index in [1.54, 1.807) is 18.2 Å². The zero-order valence-corrected chi connectivity index (χ0v) is 16.6. The van der Waals surface area contributed by atoms with Gasteiger partial charge in [-0.15, -0.1) is 0 Å². The summed E-state index contributed by atoms with van der Waals surface area (Å²) in [7, 11) is 0. The summed E-state index contributed by atoms with van der Waals surface area (Å²) in [5.41, 5.74) is 3.14. The number of aromatic nitrogens is 1. The maximum Gasteiger partial charge on any atom is 0.253 e. The Kier molecular flexibility index (Phi) is 4.76. The van der Waals surface area contributed by atoms with Gasteiger partial charge in [0.25, 0.3) is 11.5 Å². The van der Waals surface area contributed by atoms with E-state index in [2.05, 4.69) is 6.07 Å². The van der Waals surface area contributed by atoms with Gasteiger partial charge in [0.15, 0.2) is 0 Å². The van der Waals surface area contributed by atoms with Crippen LogP contribution in [0.15, 0.2) is 41.2 Å². The highest BCUT2D eigenvalue weighted by molar-refractivity contribution is 5.94. The van der Waals surface area contributed by atoms with Gasteiger partial charge in [-0.3, -0.25) is 9.59 Å². The molecular weight excluding hydrogens is 367 g/mol. The number of rotatable bonds is 2. The number of fused-ring (bicyclic) bond motifs is 4. The van der Waals surface area contributed by atoms with Crippen molar-refractivity contribution in [3.05, 3.63) is 69.4 Å². The van der Waals surface area contributed by atoms with Gasteiger partial charge < -0.3 is 9.47 Å². The smallest absolute Gasteiger partial charge is 0.253 e. The minimum Gasteiger partial charge on any atom is -0.338 e. The van der Waals surface area contributed by atoms with Crippen molar-refractivity contribution in [2.45, 2.75) is 56.9 Å². The summed E-state index contributed by atoms with van der Waals surface area (Å²) in [5, 5.41) is 0. The van der Waals surface area contributed by atoms with Gasteiger partial charge in [-0.1, -0.05) is 25.3 Å². The topological polar surface area (TPSA) is 42.3 Å². The van der Waals surface area contributed by atoms with Crippen LogP contribution in [0.4, 0.5) is 4.39 Å². The summed E-state index contributed by atoms with van der Waals surface area (Å²) < 4.78 is 15.2. The van der Waals surface area contributed by atoms with E-state index in [-0.39, 0.29) is 23.2 Å². The lowest BCUT2D eigenvalue weighted by atomic mass is 9.76. The molecule has 2 bridgehead atoms. The van der Waals surface area contributed by atoms with Crippen molar-refractivity contribution in [3.8, 4) is 0 Å². The first kappa shape index (κ1) is 18.6. The lowest BCUT2D eigenvalue weighted by Crippen LogP contribution is -2.49. The molecule has 0 N–H and O–H groups in total. The van der Waals surface area contributed by atoms with E-state index in [9.17, 15) is 14.0 Å². The molecule has 1 amide bonds. The second-order valence-corrected chi connectivity index (χ2v) is 8.97. The van der Waals surface area contributed by atoms with Crippen LogP contribution < -0.4 is 5.56 Å². The molecule has 1 saturated heterocycles. The van der Waals surface area contributed by atoms with Crippen molar-refractivity contribution in [2.75, 3.05) is 13.1 Å². The summed E-state index contributed by atoms with van der Waals surface area (Å²) in [6.45, 7) is 1.99. The summed E-state index contributed by atoms with van der Waals surface area (Å²) in [6.07, 6.45) is 7.24. The number of likely N-dealkylation sites (tertiary alicyclic amines) is 1. The third-order valence-corrected chi connectivity index (χ3v) is 7.05. The highest BCUT2D eigenvalue weighted by atomic mass is 19.1. The fourth-order valence-corrected chi connectivity index (χ4v) is 5.75. The number of carbonyl (C=O) groups is 1. The van der Waals surface area contributed by atoms with Gasteiger partial charge in [-0.05, 0) is 60.9 Å². The highest BCUT2D eigenvalue weighted by Crippen LogP contribution is 2.42. The molecule has 1 saturated carbocycles. The average molecular weight is 394 g/mol. The van der Waals surface area contributed by atoms with E-state index in [4.69, 9.17) is 0 Å². The van der Waals surface area contributed by atoms with Crippen LogP contribution in [0.2, 0.25) is 0 Å². The van der Waals surface area contributed by atoms with Gasteiger partial charge in [-0.25, -0.2) is 4.39 Å². The van der Waals surface area contributed by atoms with Crippen LogP contribution in [-0.2, 0) is 6.54 Å². The molecule has 1 aromatic heterocycles. The number of amides is 1. The lowest BCUT2D eigenvalue weighted by Gasteiger charge is -2.44. The van der Waals surface area contributed by atoms with Crippen LogP contribution in [-0.4, -0.2) is 28.5 Å². The fourth-order valence-electron chi connectivity index (χ4n) is 5.75. The molecule has 3 aliphatic rings. The molecule has 29 heavy (non-hydrogen) atoms. The fraction of sp³-hybridized carbons (Fsp3) is 0.500. The number of hydrogen-bond donors (Lipinski definition) is 0. The zero-order chi connectivity index (χ0) is 20.0. The number of pyridine rings is 1. The molecule has 2 fully saturated rings. The van der Waals surface area contributed by atoms with Crippen molar-refractivity contribution in [1.82, 2.24) is 9.47 Å². The van der Waals surface area contributed by atoms with Gasteiger partial charge in [0.2, 0.25) is 0 Å².